The number of carbonyl (C=O) groups is 1. The molecule has 6 heteroatoms. The summed E-state index contributed by atoms with van der Waals surface area (Å²) in [6.07, 6.45) is 8.57. The number of nitrogens with one attached hydrogen (secondary N) is 1. The van der Waals surface area contributed by atoms with Crippen LogP contribution in [0.3, 0.4) is 0 Å². The lowest BCUT2D eigenvalue weighted by atomic mass is 10.1. The molecule has 0 bridgehead atoms. The average molecular weight is 540 g/mol. The highest BCUT2D eigenvalue weighted by atomic mass is 16.5. The number of allylic oxidation sites excluding steroid dienone is 1. The van der Waals surface area contributed by atoms with E-state index >= 15 is 0 Å². The summed E-state index contributed by atoms with van der Waals surface area (Å²) >= 11 is 0. The van der Waals surface area contributed by atoms with Crippen LogP contribution in [0.4, 0.5) is 0 Å². The zero-order chi connectivity index (χ0) is 28.2. The summed E-state index contributed by atoms with van der Waals surface area (Å²) in [5.41, 5.74) is 5.20. The van der Waals surface area contributed by atoms with E-state index in [1.165, 1.54) is 5.52 Å². The zero-order valence-electron chi connectivity index (χ0n) is 23.8. The normalized spacial score (nSPS) is 10.9. The third-order valence-corrected chi connectivity index (χ3v) is 7.02. The van der Waals surface area contributed by atoms with Crippen LogP contribution < -0.4 is 14.8 Å². The molecule has 0 saturated heterocycles. The molecule has 1 N–H and O–H groups in total. The SMILES string of the molecule is C=CCc1ccc(OCCCCn2c(CCCCCNC(=O)c3cccc(C)c3)nc3ccccc32)c(OC)c1. The van der Waals surface area contributed by atoms with Crippen molar-refractivity contribution >= 4 is 16.9 Å². The lowest BCUT2D eigenvalue weighted by Gasteiger charge is -2.13. The number of hydrogen-bond donors (Lipinski definition) is 1. The van der Waals surface area contributed by atoms with E-state index in [4.69, 9.17) is 14.5 Å². The molecule has 1 heterocycles. The standard InChI is InChI=1S/C34H41N3O3/c1-4-13-27-19-20-31(32(25-27)39-3)40-23-11-10-22-37-30-17-8-7-16-29(30)36-33(37)18-6-5-9-21-35-34(38)28-15-12-14-26(2)24-28/h4,7-8,12,14-17,19-20,24-25H,1,5-6,9-11,13,18,21-23H2,2-3H3,(H,35,38). The Balaban J connectivity index is 1.23. The Kier molecular flexibility index (Phi) is 10.8. The van der Waals surface area contributed by atoms with E-state index in [1.54, 1.807) is 7.11 Å². The van der Waals surface area contributed by atoms with Gasteiger partial charge in [0, 0.05) is 25.1 Å². The highest BCUT2D eigenvalue weighted by molar-refractivity contribution is 5.94. The second kappa shape index (κ2) is 14.9. The van der Waals surface area contributed by atoms with Gasteiger partial charge in [-0.2, -0.15) is 0 Å². The van der Waals surface area contributed by atoms with Gasteiger partial charge in [0.05, 0.1) is 24.8 Å². The number of aromatic nitrogens is 2. The van der Waals surface area contributed by atoms with Gasteiger partial charge < -0.3 is 19.4 Å². The molecular formula is C34H41N3O3. The lowest BCUT2D eigenvalue weighted by molar-refractivity contribution is 0.0953. The van der Waals surface area contributed by atoms with Gasteiger partial charge in [0.25, 0.3) is 5.91 Å². The number of fused-ring (bicyclic) bond motifs is 1. The molecule has 4 aromatic rings. The van der Waals surface area contributed by atoms with Crippen molar-refractivity contribution in [3.05, 3.63) is 102 Å². The first-order valence-electron chi connectivity index (χ1n) is 14.3. The Bertz CT molecular complexity index is 1410. The molecule has 210 valence electrons. The van der Waals surface area contributed by atoms with Crippen LogP contribution in [0.15, 0.2) is 79.4 Å². The second-order valence-corrected chi connectivity index (χ2v) is 10.1. The monoisotopic (exact) mass is 539 g/mol. The van der Waals surface area contributed by atoms with Crippen molar-refractivity contribution in [2.75, 3.05) is 20.3 Å². The summed E-state index contributed by atoms with van der Waals surface area (Å²) in [4.78, 5) is 17.3. The van der Waals surface area contributed by atoms with Crippen LogP contribution in [0.5, 0.6) is 11.5 Å². The lowest BCUT2D eigenvalue weighted by Crippen LogP contribution is -2.24. The summed E-state index contributed by atoms with van der Waals surface area (Å²) in [5, 5.41) is 3.04. The van der Waals surface area contributed by atoms with E-state index in [1.807, 2.05) is 55.5 Å². The molecule has 0 aliphatic heterocycles. The fraction of sp³-hybridized carbons (Fsp3) is 0.353. The van der Waals surface area contributed by atoms with Crippen LogP contribution in [-0.4, -0.2) is 35.7 Å². The van der Waals surface area contributed by atoms with Crippen molar-refractivity contribution in [2.24, 2.45) is 0 Å². The largest absolute Gasteiger partial charge is 0.493 e. The van der Waals surface area contributed by atoms with Gasteiger partial charge in [-0.3, -0.25) is 4.79 Å². The van der Waals surface area contributed by atoms with Crippen molar-refractivity contribution < 1.29 is 14.3 Å². The Labute approximate surface area is 238 Å². The predicted octanol–water partition coefficient (Wildman–Crippen LogP) is 7.08. The minimum atomic E-state index is -0.00220. The van der Waals surface area contributed by atoms with Gasteiger partial charge in [0.1, 0.15) is 5.82 Å². The Hall–Kier alpha value is -4.06. The van der Waals surface area contributed by atoms with E-state index in [0.29, 0.717) is 13.2 Å². The van der Waals surface area contributed by atoms with Crippen molar-refractivity contribution in [3.8, 4) is 11.5 Å². The van der Waals surface area contributed by atoms with E-state index in [-0.39, 0.29) is 5.91 Å². The molecule has 0 unspecified atom stereocenters. The minimum absolute atomic E-state index is 0.00220. The highest BCUT2D eigenvalue weighted by Gasteiger charge is 2.11. The first-order valence-corrected chi connectivity index (χ1v) is 14.3. The number of ether oxygens (including phenoxy) is 2. The number of imidazole rings is 1. The van der Waals surface area contributed by atoms with Gasteiger partial charge in [-0.25, -0.2) is 4.98 Å². The van der Waals surface area contributed by atoms with Gasteiger partial charge in [-0.15, -0.1) is 6.58 Å². The number of nitrogens with zero attached hydrogens (tertiary/aromatic N) is 2. The maximum absolute atomic E-state index is 12.3. The zero-order valence-corrected chi connectivity index (χ0v) is 23.8. The number of para-hydroxylation sites is 2. The van der Waals surface area contributed by atoms with Gasteiger partial charge in [-0.1, -0.05) is 48.4 Å². The summed E-state index contributed by atoms with van der Waals surface area (Å²) < 4.78 is 13.9. The number of amides is 1. The number of hydrogen-bond acceptors (Lipinski definition) is 4. The van der Waals surface area contributed by atoms with E-state index in [0.717, 1.165) is 91.0 Å². The summed E-state index contributed by atoms with van der Waals surface area (Å²) in [5.74, 6) is 2.67. The topological polar surface area (TPSA) is 65.4 Å². The molecule has 1 aromatic heterocycles. The molecular weight excluding hydrogens is 498 g/mol. The molecule has 0 radical (unpaired) electrons. The molecule has 0 aliphatic carbocycles. The van der Waals surface area contributed by atoms with Gasteiger partial charge >= 0.3 is 0 Å². The Morgan fingerprint density at radius 2 is 1.85 bits per heavy atom. The smallest absolute Gasteiger partial charge is 0.251 e. The molecule has 0 atom stereocenters. The van der Waals surface area contributed by atoms with Crippen LogP contribution in [0, 0.1) is 6.92 Å². The van der Waals surface area contributed by atoms with Crippen LogP contribution in [0.2, 0.25) is 0 Å². The molecule has 6 nitrogen and oxygen atoms in total. The highest BCUT2D eigenvalue weighted by Crippen LogP contribution is 2.28. The van der Waals surface area contributed by atoms with Crippen molar-refractivity contribution in [1.29, 1.82) is 0 Å². The van der Waals surface area contributed by atoms with E-state index < -0.39 is 0 Å². The fourth-order valence-corrected chi connectivity index (χ4v) is 4.92. The summed E-state index contributed by atoms with van der Waals surface area (Å²) in [6, 6.07) is 22.1. The molecule has 40 heavy (non-hydrogen) atoms. The Morgan fingerprint density at radius 3 is 2.67 bits per heavy atom. The second-order valence-electron chi connectivity index (χ2n) is 10.1. The number of benzene rings is 3. The number of unbranched alkanes of at least 4 members (excludes halogenated alkanes) is 3. The minimum Gasteiger partial charge on any atom is -0.493 e. The van der Waals surface area contributed by atoms with Gasteiger partial charge in [-0.05, 0) is 81.0 Å². The van der Waals surface area contributed by atoms with Crippen molar-refractivity contribution in [2.45, 2.75) is 58.4 Å². The number of aryl methyl sites for hydroxylation is 3. The maximum Gasteiger partial charge on any atom is 0.251 e. The van der Waals surface area contributed by atoms with Gasteiger partial charge in [0.2, 0.25) is 0 Å². The molecule has 0 aliphatic rings. The van der Waals surface area contributed by atoms with E-state index in [2.05, 4.69) is 40.7 Å². The van der Waals surface area contributed by atoms with Crippen LogP contribution in [-0.2, 0) is 19.4 Å². The maximum atomic E-state index is 12.3. The molecule has 1 amide bonds. The first kappa shape index (κ1) is 28.9. The first-order chi connectivity index (χ1) is 19.6. The molecule has 0 spiro atoms. The Morgan fingerprint density at radius 1 is 0.975 bits per heavy atom. The third-order valence-electron chi connectivity index (χ3n) is 7.02. The fourth-order valence-electron chi connectivity index (χ4n) is 4.92. The van der Waals surface area contributed by atoms with Gasteiger partial charge in [0.15, 0.2) is 11.5 Å². The number of carbonyl (C=O) groups excluding carboxylic acids is 1. The third kappa shape index (κ3) is 7.98. The van der Waals surface area contributed by atoms with Crippen molar-refractivity contribution in [1.82, 2.24) is 14.9 Å². The quantitative estimate of drug-likeness (QED) is 0.122. The summed E-state index contributed by atoms with van der Waals surface area (Å²) in [6.45, 7) is 8.03. The van der Waals surface area contributed by atoms with Crippen LogP contribution in [0.25, 0.3) is 11.0 Å². The van der Waals surface area contributed by atoms with Crippen LogP contribution >= 0.6 is 0 Å². The predicted molar refractivity (Wildman–Crippen MR) is 162 cm³/mol. The average Bonchev–Trinajstić information content (AvgIpc) is 3.32. The molecule has 0 fully saturated rings. The summed E-state index contributed by atoms with van der Waals surface area (Å²) in [7, 11) is 1.67. The van der Waals surface area contributed by atoms with Crippen LogP contribution in [0.1, 0.15) is 59.4 Å². The van der Waals surface area contributed by atoms with Crippen molar-refractivity contribution in [3.63, 3.8) is 0 Å². The molecule has 4 rings (SSSR count). The number of methoxy groups -OCH3 is 1. The molecule has 0 saturated carbocycles. The molecule has 3 aromatic carbocycles. The van der Waals surface area contributed by atoms with E-state index in [9.17, 15) is 4.79 Å². The number of rotatable bonds is 16.